The lowest BCUT2D eigenvalue weighted by Crippen LogP contribution is -2.45. The number of nitrogens with zero attached hydrogens (tertiary/aromatic N) is 3. The summed E-state index contributed by atoms with van der Waals surface area (Å²) in [5, 5.41) is 0. The molecular formula is C30H40N4O6. The Bertz CT molecular complexity index is 1160. The van der Waals surface area contributed by atoms with Crippen LogP contribution in [0.3, 0.4) is 0 Å². The number of aromatic nitrogens is 1. The quantitative estimate of drug-likeness (QED) is 0.353. The van der Waals surface area contributed by atoms with Crippen molar-refractivity contribution in [3.8, 4) is 5.75 Å². The molecule has 40 heavy (non-hydrogen) atoms. The Morgan fingerprint density at radius 3 is 2.75 bits per heavy atom. The number of carbonyl (C=O) groups is 2. The monoisotopic (exact) mass is 552 g/mol. The molecule has 2 aliphatic rings. The fraction of sp³-hybridized carbons (Fsp3) is 0.500. The molecule has 2 atom stereocenters. The Balaban J connectivity index is 1.40. The van der Waals surface area contributed by atoms with E-state index in [0.717, 1.165) is 50.1 Å². The van der Waals surface area contributed by atoms with E-state index in [1.807, 2.05) is 45.0 Å². The normalized spacial score (nSPS) is 19.9. The van der Waals surface area contributed by atoms with Gasteiger partial charge in [-0.3, -0.25) is 14.6 Å². The van der Waals surface area contributed by atoms with Crippen molar-refractivity contribution in [3.63, 3.8) is 0 Å². The molecule has 3 heterocycles. The summed E-state index contributed by atoms with van der Waals surface area (Å²) >= 11 is 0. The van der Waals surface area contributed by atoms with Gasteiger partial charge in [0.1, 0.15) is 17.2 Å². The van der Waals surface area contributed by atoms with Gasteiger partial charge in [0.25, 0.3) is 5.91 Å². The Hall–Kier alpha value is -3.47. The van der Waals surface area contributed by atoms with E-state index in [-0.39, 0.29) is 6.04 Å². The highest BCUT2D eigenvalue weighted by Crippen LogP contribution is 2.26. The molecule has 2 aromatic rings. The van der Waals surface area contributed by atoms with E-state index in [1.165, 1.54) is 6.08 Å². The predicted octanol–water partition coefficient (Wildman–Crippen LogP) is 4.69. The number of ether oxygens (including phenoxy) is 3. The van der Waals surface area contributed by atoms with Crippen molar-refractivity contribution in [2.75, 3.05) is 31.7 Å². The van der Waals surface area contributed by atoms with Gasteiger partial charge in [0, 0.05) is 44.9 Å². The molecule has 0 bridgehead atoms. The molecule has 10 nitrogen and oxygen atoms in total. The van der Waals surface area contributed by atoms with Crippen molar-refractivity contribution < 1.29 is 28.6 Å². The number of methoxy groups -OCH3 is 1. The summed E-state index contributed by atoms with van der Waals surface area (Å²) in [6, 6.07) is 11.5. The minimum Gasteiger partial charge on any atom is -0.497 e. The molecule has 10 heteroatoms. The summed E-state index contributed by atoms with van der Waals surface area (Å²) in [5.41, 5.74) is 3.62. The molecule has 216 valence electrons. The molecular weight excluding hydrogens is 512 g/mol. The molecule has 1 unspecified atom stereocenters. The van der Waals surface area contributed by atoms with Crippen LogP contribution in [0, 0.1) is 0 Å². The topological polar surface area (TPSA) is 102 Å². The summed E-state index contributed by atoms with van der Waals surface area (Å²) in [6.07, 6.45) is 7.36. The number of hydroxylamine groups is 1. The van der Waals surface area contributed by atoms with Crippen LogP contribution in [0.5, 0.6) is 5.75 Å². The lowest BCUT2D eigenvalue weighted by molar-refractivity contribution is -0.198. The zero-order chi connectivity index (χ0) is 28.5. The number of hydrogen-bond acceptors (Lipinski definition) is 8. The van der Waals surface area contributed by atoms with E-state index < -0.39 is 23.9 Å². The average molecular weight is 553 g/mol. The van der Waals surface area contributed by atoms with Crippen molar-refractivity contribution in [1.82, 2.24) is 15.4 Å². The van der Waals surface area contributed by atoms with E-state index in [1.54, 1.807) is 30.3 Å². The second kappa shape index (κ2) is 13.7. The number of rotatable bonds is 9. The van der Waals surface area contributed by atoms with Gasteiger partial charge >= 0.3 is 6.09 Å². The van der Waals surface area contributed by atoms with Crippen LogP contribution in [0.15, 0.2) is 48.7 Å². The number of amides is 2. The van der Waals surface area contributed by atoms with Crippen LogP contribution >= 0.6 is 0 Å². The van der Waals surface area contributed by atoms with Crippen LogP contribution in [0.4, 0.5) is 10.6 Å². The maximum absolute atomic E-state index is 13.3. The summed E-state index contributed by atoms with van der Waals surface area (Å²) in [5.74, 6) is 0.933. The molecule has 0 radical (unpaired) electrons. The SMILES string of the molecule is COc1cccc(CN2CC[C@@H](N(C(=O)OC(C)(C)C)c3ccc(C=CC(=O)NOC4CCCCO4)cn3)C2)c1. The van der Waals surface area contributed by atoms with Gasteiger partial charge in [0.2, 0.25) is 0 Å². The van der Waals surface area contributed by atoms with Crippen molar-refractivity contribution in [3.05, 3.63) is 59.8 Å². The van der Waals surface area contributed by atoms with Gasteiger partial charge < -0.3 is 14.2 Å². The van der Waals surface area contributed by atoms with E-state index in [4.69, 9.17) is 19.0 Å². The second-order valence-corrected chi connectivity index (χ2v) is 11.0. The smallest absolute Gasteiger partial charge is 0.416 e. The van der Waals surface area contributed by atoms with Gasteiger partial charge in [-0.1, -0.05) is 12.1 Å². The molecule has 1 N–H and O–H groups in total. The van der Waals surface area contributed by atoms with E-state index in [9.17, 15) is 9.59 Å². The lowest BCUT2D eigenvalue weighted by Gasteiger charge is -2.31. The second-order valence-electron chi connectivity index (χ2n) is 11.0. The zero-order valence-electron chi connectivity index (χ0n) is 23.8. The molecule has 2 saturated heterocycles. The number of pyridine rings is 1. The number of hydrogen-bond donors (Lipinski definition) is 1. The van der Waals surface area contributed by atoms with Gasteiger partial charge in [0.05, 0.1) is 13.2 Å². The number of likely N-dealkylation sites (tertiary alicyclic amines) is 1. The number of anilines is 1. The Morgan fingerprint density at radius 1 is 1.20 bits per heavy atom. The van der Waals surface area contributed by atoms with Crippen LogP contribution in [0.1, 0.15) is 57.6 Å². The Morgan fingerprint density at radius 2 is 2.05 bits per heavy atom. The van der Waals surface area contributed by atoms with Crippen LogP contribution in [0.25, 0.3) is 6.08 Å². The number of nitrogens with one attached hydrogen (secondary N) is 1. The summed E-state index contributed by atoms with van der Waals surface area (Å²) in [4.78, 5) is 39.3. The highest BCUT2D eigenvalue weighted by molar-refractivity contribution is 5.91. The summed E-state index contributed by atoms with van der Waals surface area (Å²) < 4.78 is 16.6. The molecule has 0 spiro atoms. The zero-order valence-corrected chi connectivity index (χ0v) is 23.8. The first-order chi connectivity index (χ1) is 19.2. The molecule has 1 aromatic heterocycles. The van der Waals surface area contributed by atoms with Gasteiger partial charge in [-0.25, -0.2) is 20.1 Å². The maximum atomic E-state index is 13.3. The van der Waals surface area contributed by atoms with Gasteiger partial charge in [-0.05, 0) is 81.5 Å². The van der Waals surface area contributed by atoms with Crippen LogP contribution < -0.4 is 15.1 Å². The minimum atomic E-state index is -0.644. The standard InChI is InChI=1S/C30H40N4O6/c1-30(2,3)39-29(36)34(24-15-16-33(21-24)20-23-8-7-9-25(18-23)37-4)26-13-11-22(19-31-26)12-14-27(35)32-40-28-10-5-6-17-38-28/h7-9,11-14,18-19,24,28H,5-6,10,15-17,20-21H2,1-4H3,(H,32,35)/t24-,28?/m1/s1. The molecule has 1 aromatic carbocycles. The third kappa shape index (κ3) is 8.77. The minimum absolute atomic E-state index is 0.0979. The van der Waals surface area contributed by atoms with Crippen molar-refractivity contribution >= 4 is 23.9 Å². The highest BCUT2D eigenvalue weighted by atomic mass is 16.8. The van der Waals surface area contributed by atoms with Crippen molar-refractivity contribution in [2.45, 2.75) is 70.9 Å². The maximum Gasteiger partial charge on any atom is 0.416 e. The first-order valence-corrected chi connectivity index (χ1v) is 13.8. The highest BCUT2D eigenvalue weighted by Gasteiger charge is 2.35. The Kier molecular flexibility index (Phi) is 10.1. The third-order valence-electron chi connectivity index (χ3n) is 6.62. The average Bonchev–Trinajstić information content (AvgIpc) is 3.38. The summed E-state index contributed by atoms with van der Waals surface area (Å²) in [6.45, 7) is 8.47. The van der Waals surface area contributed by atoms with Crippen LogP contribution in [0.2, 0.25) is 0 Å². The number of benzene rings is 1. The van der Waals surface area contributed by atoms with Gasteiger partial charge in [-0.2, -0.15) is 0 Å². The molecule has 0 aliphatic carbocycles. The van der Waals surface area contributed by atoms with Crippen molar-refractivity contribution in [1.29, 1.82) is 0 Å². The van der Waals surface area contributed by atoms with Crippen molar-refractivity contribution in [2.24, 2.45) is 0 Å². The predicted molar refractivity (Wildman–Crippen MR) is 151 cm³/mol. The number of carbonyl (C=O) groups excluding carboxylic acids is 2. The van der Waals surface area contributed by atoms with E-state index >= 15 is 0 Å². The fourth-order valence-corrected chi connectivity index (χ4v) is 4.71. The van der Waals surface area contributed by atoms with Crippen LogP contribution in [-0.2, 0) is 25.7 Å². The fourth-order valence-electron chi connectivity index (χ4n) is 4.71. The van der Waals surface area contributed by atoms with E-state index in [0.29, 0.717) is 24.5 Å². The van der Waals surface area contributed by atoms with E-state index in [2.05, 4.69) is 21.4 Å². The first-order valence-electron chi connectivity index (χ1n) is 13.8. The molecule has 0 saturated carbocycles. The molecule has 2 aliphatic heterocycles. The molecule has 4 rings (SSSR count). The van der Waals surface area contributed by atoms with Gasteiger partial charge in [-0.15, -0.1) is 0 Å². The Labute approximate surface area is 236 Å². The first kappa shape index (κ1) is 29.5. The molecule has 2 amide bonds. The third-order valence-corrected chi connectivity index (χ3v) is 6.62. The lowest BCUT2D eigenvalue weighted by atomic mass is 10.2. The van der Waals surface area contributed by atoms with Crippen LogP contribution in [-0.4, -0.2) is 66.6 Å². The van der Waals surface area contributed by atoms with Gasteiger partial charge in [0.15, 0.2) is 6.29 Å². The largest absolute Gasteiger partial charge is 0.497 e. The molecule has 2 fully saturated rings. The summed E-state index contributed by atoms with van der Waals surface area (Å²) in [7, 11) is 1.66.